The van der Waals surface area contributed by atoms with E-state index in [-0.39, 0.29) is 37.3 Å². The molecule has 7 nitrogen and oxygen atoms in total. The molecule has 2 atom stereocenters. The van der Waals surface area contributed by atoms with Crippen molar-refractivity contribution in [3.63, 3.8) is 0 Å². The zero-order valence-electron chi connectivity index (χ0n) is 19.9. The Morgan fingerprint density at radius 1 is 0.912 bits per heavy atom. The fourth-order valence-corrected chi connectivity index (χ4v) is 4.50. The van der Waals surface area contributed by atoms with Crippen molar-refractivity contribution in [3.8, 4) is 11.1 Å². The molecule has 3 N–H and O–H groups in total. The van der Waals surface area contributed by atoms with Crippen molar-refractivity contribution in [2.45, 2.75) is 70.4 Å². The Balaban J connectivity index is 1.59. The van der Waals surface area contributed by atoms with E-state index in [1.54, 1.807) is 0 Å². The van der Waals surface area contributed by atoms with Crippen molar-refractivity contribution in [2.75, 3.05) is 6.61 Å². The molecule has 34 heavy (non-hydrogen) atoms. The van der Waals surface area contributed by atoms with Gasteiger partial charge >= 0.3 is 12.1 Å². The largest absolute Gasteiger partial charge is 0.481 e. The highest BCUT2D eigenvalue weighted by molar-refractivity contribution is 5.80. The SMILES string of the molecule is CCCCC(CC(=O)N[C@H](CC)CC(=O)O)NC(=O)OCC1c2ccccc2-c2ccccc21. The van der Waals surface area contributed by atoms with Gasteiger partial charge in [-0.25, -0.2) is 4.79 Å². The van der Waals surface area contributed by atoms with E-state index < -0.39 is 18.1 Å². The fourth-order valence-electron chi connectivity index (χ4n) is 4.50. The van der Waals surface area contributed by atoms with Crippen LogP contribution in [0.5, 0.6) is 0 Å². The van der Waals surface area contributed by atoms with Crippen LogP contribution in [0.25, 0.3) is 11.1 Å². The molecule has 182 valence electrons. The lowest BCUT2D eigenvalue weighted by Crippen LogP contribution is -2.42. The van der Waals surface area contributed by atoms with Crippen molar-refractivity contribution in [1.82, 2.24) is 10.6 Å². The van der Waals surface area contributed by atoms with E-state index in [1.165, 1.54) is 0 Å². The number of carbonyl (C=O) groups is 3. The number of aliphatic carboxylic acids is 1. The number of carboxylic acid groups (broad SMARTS) is 1. The van der Waals surface area contributed by atoms with E-state index in [2.05, 4.69) is 34.9 Å². The molecule has 1 aliphatic carbocycles. The maximum atomic E-state index is 12.7. The fraction of sp³-hybridized carbons (Fsp3) is 0.444. The summed E-state index contributed by atoms with van der Waals surface area (Å²) in [6, 6.07) is 15.5. The number of carbonyl (C=O) groups excluding carboxylic acids is 2. The number of rotatable bonds is 12. The molecule has 0 fully saturated rings. The van der Waals surface area contributed by atoms with Crippen molar-refractivity contribution >= 4 is 18.0 Å². The molecule has 1 unspecified atom stereocenters. The van der Waals surface area contributed by atoms with Crippen LogP contribution in [-0.2, 0) is 14.3 Å². The molecular weight excluding hydrogens is 432 g/mol. The van der Waals surface area contributed by atoms with Crippen LogP contribution in [0.1, 0.15) is 69.4 Å². The van der Waals surface area contributed by atoms with Gasteiger partial charge in [0.05, 0.1) is 6.42 Å². The summed E-state index contributed by atoms with van der Waals surface area (Å²) in [5.41, 5.74) is 4.61. The Bertz CT molecular complexity index is 961. The van der Waals surface area contributed by atoms with Crippen LogP contribution in [0.2, 0.25) is 0 Å². The molecule has 2 amide bonds. The van der Waals surface area contributed by atoms with Gasteiger partial charge < -0.3 is 20.5 Å². The lowest BCUT2D eigenvalue weighted by Gasteiger charge is -2.21. The number of carboxylic acids is 1. The minimum atomic E-state index is -0.952. The minimum Gasteiger partial charge on any atom is -0.481 e. The molecule has 2 aromatic rings. The van der Waals surface area contributed by atoms with E-state index >= 15 is 0 Å². The molecule has 0 saturated heterocycles. The van der Waals surface area contributed by atoms with Crippen LogP contribution in [0.3, 0.4) is 0 Å². The van der Waals surface area contributed by atoms with Crippen LogP contribution in [0.15, 0.2) is 48.5 Å². The molecule has 0 heterocycles. The number of benzene rings is 2. The van der Waals surface area contributed by atoms with E-state index in [1.807, 2.05) is 38.1 Å². The molecule has 0 saturated carbocycles. The summed E-state index contributed by atoms with van der Waals surface area (Å²) in [5, 5.41) is 14.6. The first-order valence-corrected chi connectivity index (χ1v) is 12.1. The average molecular weight is 467 g/mol. The van der Waals surface area contributed by atoms with E-state index in [4.69, 9.17) is 9.84 Å². The van der Waals surface area contributed by atoms with Crippen molar-refractivity contribution in [3.05, 3.63) is 59.7 Å². The van der Waals surface area contributed by atoms with E-state index in [0.717, 1.165) is 35.1 Å². The standard InChI is InChI=1S/C27H34N2O5/c1-3-5-10-19(15-25(30)28-18(4-2)16-26(31)32)29-27(33)34-17-24-22-13-8-6-11-20(22)21-12-7-9-14-23(21)24/h6-9,11-14,18-19,24H,3-5,10,15-17H2,1-2H3,(H,28,30)(H,29,33)(H,31,32)/t18-,19?/m1/s1. The summed E-state index contributed by atoms with van der Waals surface area (Å²) in [6.45, 7) is 4.09. The maximum Gasteiger partial charge on any atom is 0.407 e. The molecule has 0 spiro atoms. The first-order valence-electron chi connectivity index (χ1n) is 12.1. The molecule has 0 aromatic heterocycles. The summed E-state index contributed by atoms with van der Waals surface area (Å²) in [7, 11) is 0. The summed E-state index contributed by atoms with van der Waals surface area (Å²) in [5.74, 6) is -1.25. The second-order valence-electron chi connectivity index (χ2n) is 8.78. The lowest BCUT2D eigenvalue weighted by molar-refractivity contribution is -0.137. The second-order valence-corrected chi connectivity index (χ2v) is 8.78. The average Bonchev–Trinajstić information content (AvgIpc) is 3.14. The van der Waals surface area contributed by atoms with Gasteiger partial charge in [0.2, 0.25) is 5.91 Å². The summed E-state index contributed by atoms with van der Waals surface area (Å²) >= 11 is 0. The first-order chi connectivity index (χ1) is 16.4. The van der Waals surface area contributed by atoms with Crippen LogP contribution >= 0.6 is 0 Å². The quantitative estimate of drug-likeness (QED) is 0.415. The number of ether oxygens (including phenoxy) is 1. The molecule has 1 aliphatic rings. The zero-order valence-corrected chi connectivity index (χ0v) is 19.9. The Kier molecular flexibility index (Phi) is 9.08. The predicted octanol–water partition coefficient (Wildman–Crippen LogP) is 4.84. The third-order valence-electron chi connectivity index (χ3n) is 6.28. The van der Waals surface area contributed by atoms with Gasteiger partial charge in [0, 0.05) is 24.4 Å². The van der Waals surface area contributed by atoms with E-state index in [9.17, 15) is 14.4 Å². The topological polar surface area (TPSA) is 105 Å². The number of nitrogens with one attached hydrogen (secondary N) is 2. The highest BCUT2D eigenvalue weighted by Gasteiger charge is 2.29. The number of amides is 2. The smallest absolute Gasteiger partial charge is 0.407 e. The van der Waals surface area contributed by atoms with Gasteiger partial charge in [-0.2, -0.15) is 0 Å². The van der Waals surface area contributed by atoms with Crippen LogP contribution in [-0.4, -0.2) is 41.8 Å². The number of alkyl carbamates (subject to hydrolysis) is 1. The summed E-state index contributed by atoms with van der Waals surface area (Å²) < 4.78 is 5.63. The van der Waals surface area contributed by atoms with Gasteiger partial charge in [0.25, 0.3) is 0 Å². The Morgan fingerprint density at radius 3 is 2.09 bits per heavy atom. The third-order valence-corrected chi connectivity index (χ3v) is 6.28. The highest BCUT2D eigenvalue weighted by atomic mass is 16.5. The molecule has 0 aliphatic heterocycles. The number of hydrogen-bond acceptors (Lipinski definition) is 4. The summed E-state index contributed by atoms with van der Waals surface area (Å²) in [6.07, 6.45) is 2.37. The van der Waals surface area contributed by atoms with Gasteiger partial charge in [0.15, 0.2) is 0 Å². The van der Waals surface area contributed by atoms with Crippen LogP contribution < -0.4 is 10.6 Å². The zero-order chi connectivity index (χ0) is 24.5. The minimum absolute atomic E-state index is 0.0307. The number of unbranched alkanes of at least 4 members (excludes halogenated alkanes) is 1. The van der Waals surface area contributed by atoms with Gasteiger partial charge in [-0.3, -0.25) is 9.59 Å². The molecule has 2 aromatic carbocycles. The van der Waals surface area contributed by atoms with Gasteiger partial charge in [-0.1, -0.05) is 75.2 Å². The van der Waals surface area contributed by atoms with Crippen LogP contribution in [0, 0.1) is 0 Å². The molecule has 0 bridgehead atoms. The van der Waals surface area contributed by atoms with Gasteiger partial charge in [-0.05, 0) is 35.1 Å². The Hall–Kier alpha value is -3.35. The molecule has 3 rings (SSSR count). The normalized spacial score (nSPS) is 13.9. The monoisotopic (exact) mass is 466 g/mol. The Labute approximate surface area is 200 Å². The Morgan fingerprint density at radius 2 is 1.53 bits per heavy atom. The number of hydrogen-bond donors (Lipinski definition) is 3. The van der Waals surface area contributed by atoms with Crippen molar-refractivity contribution in [1.29, 1.82) is 0 Å². The first kappa shape index (κ1) is 25.3. The number of fused-ring (bicyclic) bond motifs is 3. The molecule has 7 heteroatoms. The molecular formula is C27H34N2O5. The molecule has 0 radical (unpaired) electrons. The predicted molar refractivity (Wildman–Crippen MR) is 131 cm³/mol. The summed E-state index contributed by atoms with van der Waals surface area (Å²) in [4.78, 5) is 36.1. The highest BCUT2D eigenvalue weighted by Crippen LogP contribution is 2.44. The van der Waals surface area contributed by atoms with Crippen molar-refractivity contribution < 1.29 is 24.2 Å². The second kappa shape index (κ2) is 12.2. The van der Waals surface area contributed by atoms with Crippen molar-refractivity contribution in [2.24, 2.45) is 0 Å². The lowest BCUT2D eigenvalue weighted by atomic mass is 9.98. The van der Waals surface area contributed by atoms with Gasteiger partial charge in [0.1, 0.15) is 6.61 Å². The van der Waals surface area contributed by atoms with Crippen LogP contribution in [0.4, 0.5) is 4.79 Å². The van der Waals surface area contributed by atoms with E-state index in [0.29, 0.717) is 12.8 Å². The third kappa shape index (κ3) is 6.59. The van der Waals surface area contributed by atoms with Gasteiger partial charge in [-0.15, -0.1) is 0 Å². The maximum absolute atomic E-state index is 12.7.